The Kier molecular flexibility index (Phi) is 7.41. The summed E-state index contributed by atoms with van der Waals surface area (Å²) < 4.78 is 14.2. The highest BCUT2D eigenvalue weighted by Crippen LogP contribution is 2.62. The van der Waals surface area contributed by atoms with E-state index in [9.17, 15) is 5.26 Å². The van der Waals surface area contributed by atoms with Crippen LogP contribution in [0.25, 0.3) is 98.7 Å². The molecule has 318 valence electrons. The van der Waals surface area contributed by atoms with Gasteiger partial charge in [0.1, 0.15) is 11.5 Å². The summed E-state index contributed by atoms with van der Waals surface area (Å²) in [7, 11) is 0. The van der Waals surface area contributed by atoms with E-state index in [1.807, 2.05) is 48.8 Å². The number of fused-ring (bicyclic) bond motifs is 18. The van der Waals surface area contributed by atoms with Gasteiger partial charge in [-0.1, -0.05) is 84.9 Å². The van der Waals surface area contributed by atoms with Crippen LogP contribution in [0, 0.1) is 17.9 Å². The van der Waals surface area contributed by atoms with Crippen LogP contribution >= 0.6 is 0 Å². The molecule has 8 heteroatoms. The van der Waals surface area contributed by atoms with Gasteiger partial charge in [-0.2, -0.15) is 5.26 Å². The zero-order valence-electron chi connectivity index (χ0n) is 36.6. The van der Waals surface area contributed by atoms with Gasteiger partial charge in [-0.3, -0.25) is 9.97 Å². The summed E-state index contributed by atoms with van der Waals surface area (Å²) in [5.41, 5.74) is 15.7. The number of nitrogens with zero attached hydrogens (tertiary/aromatic N) is 7. The molecule has 0 N–H and O–H groups in total. The molecular weight excluding hydrogens is 847 g/mol. The van der Waals surface area contributed by atoms with Crippen molar-refractivity contribution >= 4 is 71.1 Å². The lowest BCUT2D eigenvalue weighted by Crippen LogP contribution is -2.32. The van der Waals surface area contributed by atoms with E-state index in [4.69, 9.17) is 21.3 Å². The molecule has 0 bridgehead atoms. The number of ether oxygens (including phenoxy) is 1. The van der Waals surface area contributed by atoms with Gasteiger partial charge in [-0.25, -0.2) is 4.85 Å². The minimum atomic E-state index is -0.773. The second kappa shape index (κ2) is 13.6. The number of hydrogen-bond donors (Lipinski definition) is 0. The van der Waals surface area contributed by atoms with Crippen molar-refractivity contribution in [2.45, 2.75) is 5.41 Å². The van der Waals surface area contributed by atoms with Gasteiger partial charge in [0.2, 0.25) is 0 Å². The Morgan fingerprint density at radius 1 is 0.435 bits per heavy atom. The maximum Gasteiger partial charge on any atom is 0.188 e. The first-order chi connectivity index (χ1) is 34.1. The minimum Gasteiger partial charge on any atom is -0.457 e. The topological polar surface area (TPSA) is 78.0 Å². The van der Waals surface area contributed by atoms with E-state index in [1.54, 1.807) is 0 Å². The van der Waals surface area contributed by atoms with Crippen molar-refractivity contribution in [1.82, 2.24) is 23.7 Å². The normalized spacial score (nSPS) is 13.1. The third-order valence-corrected chi connectivity index (χ3v) is 14.6. The largest absolute Gasteiger partial charge is 0.457 e. The van der Waals surface area contributed by atoms with E-state index in [1.165, 1.54) is 0 Å². The molecule has 0 saturated carbocycles. The standard InChI is InChI=1S/C61H33N7O/c1-63-37-19-26-55-45(31-37)42-11-3-6-16-52(42)67(55)39-20-23-47-57(33-39)69-58-34-40(21-24-48(58)61(47)49-13-8-28-64-59(49)60-50(61)14-9-29-65-60)68-53-17-7-4-12-43(53)46-32-38(22-27-56(46)68)66-51-15-5-2-10-41(51)44-30-36(35-62)18-25-54(44)66/h2-34H. The Morgan fingerprint density at radius 3 is 1.42 bits per heavy atom. The van der Waals surface area contributed by atoms with Gasteiger partial charge in [0.25, 0.3) is 0 Å². The van der Waals surface area contributed by atoms with Gasteiger partial charge in [0.05, 0.1) is 68.1 Å². The Hall–Kier alpha value is -9.76. The van der Waals surface area contributed by atoms with Gasteiger partial charge in [-0.05, 0) is 108 Å². The molecule has 8 nitrogen and oxygen atoms in total. The van der Waals surface area contributed by atoms with Crippen molar-refractivity contribution in [2.75, 3.05) is 0 Å². The quantitative estimate of drug-likeness (QED) is 0.166. The van der Waals surface area contributed by atoms with Crippen LogP contribution in [0.15, 0.2) is 200 Å². The average molecular weight is 880 g/mol. The fourth-order valence-corrected chi connectivity index (χ4v) is 11.9. The highest BCUT2D eigenvalue weighted by atomic mass is 16.5. The van der Waals surface area contributed by atoms with Crippen molar-refractivity contribution in [2.24, 2.45) is 0 Å². The summed E-state index contributed by atoms with van der Waals surface area (Å²) in [5, 5.41) is 16.3. The summed E-state index contributed by atoms with van der Waals surface area (Å²) in [6, 6.07) is 68.0. The predicted molar refractivity (Wildman–Crippen MR) is 273 cm³/mol. The number of rotatable bonds is 3. The molecule has 6 heterocycles. The molecule has 8 aromatic carbocycles. The second-order valence-corrected chi connectivity index (χ2v) is 17.9. The highest BCUT2D eigenvalue weighted by Gasteiger charge is 2.52. The first-order valence-electron chi connectivity index (χ1n) is 22.9. The van der Waals surface area contributed by atoms with Gasteiger partial charge in [0.15, 0.2) is 5.69 Å². The first-order valence-corrected chi connectivity index (χ1v) is 22.9. The molecule has 0 amide bonds. The smallest absolute Gasteiger partial charge is 0.188 e. The van der Waals surface area contributed by atoms with E-state index < -0.39 is 5.41 Å². The lowest BCUT2D eigenvalue weighted by atomic mass is 9.66. The summed E-state index contributed by atoms with van der Waals surface area (Å²) in [5.74, 6) is 1.49. The van der Waals surface area contributed by atoms with Crippen LogP contribution in [0.1, 0.15) is 27.8 Å². The van der Waals surface area contributed by atoms with Crippen LogP contribution in [-0.4, -0.2) is 23.7 Å². The number of benzene rings is 8. The molecule has 1 spiro atoms. The van der Waals surface area contributed by atoms with E-state index >= 15 is 0 Å². The number of para-hydroxylation sites is 3. The van der Waals surface area contributed by atoms with Crippen LogP contribution in [0.3, 0.4) is 0 Å². The lowest BCUT2D eigenvalue weighted by molar-refractivity contribution is 0.436. The Bertz CT molecular complexity index is 4470. The van der Waals surface area contributed by atoms with Gasteiger partial charge in [0, 0.05) is 79.6 Å². The number of pyridine rings is 2. The zero-order chi connectivity index (χ0) is 45.5. The van der Waals surface area contributed by atoms with E-state index in [0.717, 1.165) is 128 Å². The second-order valence-electron chi connectivity index (χ2n) is 17.9. The number of nitriles is 1. The van der Waals surface area contributed by atoms with Crippen LogP contribution in [0.4, 0.5) is 5.69 Å². The molecule has 13 aromatic rings. The molecule has 0 saturated heterocycles. The summed E-state index contributed by atoms with van der Waals surface area (Å²) >= 11 is 0. The van der Waals surface area contributed by atoms with E-state index in [2.05, 4.69) is 176 Å². The predicted octanol–water partition coefficient (Wildman–Crippen LogP) is 14.7. The Morgan fingerprint density at radius 2 is 0.884 bits per heavy atom. The van der Waals surface area contributed by atoms with Crippen molar-refractivity contribution < 1.29 is 4.74 Å². The summed E-state index contributed by atoms with van der Waals surface area (Å²) in [4.78, 5) is 13.7. The molecule has 0 radical (unpaired) electrons. The van der Waals surface area contributed by atoms with Gasteiger partial charge in [-0.15, -0.1) is 0 Å². The third kappa shape index (κ3) is 4.88. The fraction of sp³-hybridized carbons (Fsp3) is 0.0164. The SMILES string of the molecule is [C-]#[N+]c1ccc2c(c1)c1ccccc1n2-c1ccc2c(c1)Oc1cc(-n3c4ccccc4c4cc(-n5c6ccccc6c6cc(C#N)ccc65)ccc43)ccc1C21c2cccnc2-c2ncccc21. The van der Waals surface area contributed by atoms with E-state index in [-0.39, 0.29) is 0 Å². The maximum atomic E-state index is 9.79. The highest BCUT2D eigenvalue weighted by molar-refractivity contribution is 6.13. The van der Waals surface area contributed by atoms with Crippen molar-refractivity contribution in [1.29, 1.82) is 5.26 Å². The fourth-order valence-electron chi connectivity index (χ4n) is 11.9. The van der Waals surface area contributed by atoms with Crippen LogP contribution < -0.4 is 4.74 Å². The molecule has 5 aromatic heterocycles. The van der Waals surface area contributed by atoms with Crippen molar-refractivity contribution in [3.63, 3.8) is 0 Å². The van der Waals surface area contributed by atoms with Crippen LogP contribution in [0.5, 0.6) is 11.5 Å². The summed E-state index contributed by atoms with van der Waals surface area (Å²) in [6.45, 7) is 7.76. The molecular formula is C61H33N7O. The Labute approximate surface area is 394 Å². The number of aromatic nitrogens is 5. The molecule has 1 aliphatic heterocycles. The summed E-state index contributed by atoms with van der Waals surface area (Å²) in [6.07, 6.45) is 3.70. The molecule has 1 aliphatic carbocycles. The number of hydrogen-bond acceptors (Lipinski definition) is 4. The first kappa shape index (κ1) is 37.5. The monoisotopic (exact) mass is 879 g/mol. The van der Waals surface area contributed by atoms with Gasteiger partial charge < -0.3 is 18.4 Å². The molecule has 69 heavy (non-hydrogen) atoms. The molecule has 2 aliphatic rings. The van der Waals surface area contributed by atoms with Crippen molar-refractivity contribution in [3.05, 3.63) is 240 Å². The molecule has 0 fully saturated rings. The maximum absolute atomic E-state index is 9.79. The minimum absolute atomic E-state index is 0.608. The van der Waals surface area contributed by atoms with Crippen LogP contribution in [-0.2, 0) is 5.41 Å². The Balaban J connectivity index is 0.958. The average Bonchev–Trinajstić information content (AvgIpc) is 4.12. The molecule has 0 atom stereocenters. The van der Waals surface area contributed by atoms with Gasteiger partial charge >= 0.3 is 0 Å². The lowest BCUT2D eigenvalue weighted by Gasteiger charge is -2.39. The molecule has 15 rings (SSSR count). The van der Waals surface area contributed by atoms with Crippen LogP contribution in [0.2, 0.25) is 0 Å². The molecule has 0 unspecified atom stereocenters. The zero-order valence-corrected chi connectivity index (χ0v) is 36.6. The van der Waals surface area contributed by atoms with E-state index in [0.29, 0.717) is 11.3 Å². The van der Waals surface area contributed by atoms with Crippen molar-refractivity contribution in [3.8, 4) is 46.0 Å². The third-order valence-electron chi connectivity index (χ3n) is 14.6.